The van der Waals surface area contributed by atoms with E-state index in [0.717, 1.165) is 35.8 Å². The molecular weight excluding hydrogens is 302 g/mol. The molecule has 1 N–H and O–H groups in total. The lowest BCUT2D eigenvalue weighted by Gasteiger charge is -2.12. The van der Waals surface area contributed by atoms with Crippen molar-refractivity contribution in [1.29, 1.82) is 0 Å². The van der Waals surface area contributed by atoms with Gasteiger partial charge in [0.15, 0.2) is 0 Å². The normalized spacial score (nSPS) is 14.6. The van der Waals surface area contributed by atoms with Crippen LogP contribution in [0.5, 0.6) is 5.75 Å². The Morgan fingerprint density at radius 2 is 2.11 bits per heavy atom. The zero-order chi connectivity index (χ0) is 13.5. The maximum absolute atomic E-state index is 5.93. The smallest absolute Gasteiger partial charge is 0.123 e. The van der Waals surface area contributed by atoms with Gasteiger partial charge in [-0.2, -0.15) is 0 Å². The van der Waals surface area contributed by atoms with Crippen molar-refractivity contribution in [1.82, 2.24) is 5.32 Å². The van der Waals surface area contributed by atoms with Crippen LogP contribution in [-0.4, -0.2) is 12.6 Å². The highest BCUT2D eigenvalue weighted by Crippen LogP contribution is 2.25. The van der Waals surface area contributed by atoms with Crippen molar-refractivity contribution in [3.8, 4) is 5.75 Å². The molecule has 0 aliphatic heterocycles. The molecule has 1 fully saturated rings. The summed E-state index contributed by atoms with van der Waals surface area (Å²) in [5.74, 6) is 1.04. The standard InChI is InChI=1S/C16H24BrNO/c1-2-3-4-5-10-19-16-9-6-14(17)11-13(16)12-18-15-7-8-15/h6,9,11,15,18H,2-5,7-8,10,12H2,1H3. The van der Waals surface area contributed by atoms with Crippen molar-refractivity contribution in [2.24, 2.45) is 0 Å². The van der Waals surface area contributed by atoms with E-state index in [1.165, 1.54) is 37.7 Å². The van der Waals surface area contributed by atoms with Crippen LogP contribution in [0.25, 0.3) is 0 Å². The molecule has 0 aromatic heterocycles. The molecular formula is C16H24BrNO. The molecule has 106 valence electrons. The highest BCUT2D eigenvalue weighted by atomic mass is 79.9. The van der Waals surface area contributed by atoms with E-state index in [4.69, 9.17) is 4.74 Å². The van der Waals surface area contributed by atoms with Crippen LogP contribution in [0.4, 0.5) is 0 Å². The number of benzene rings is 1. The Bertz CT molecular complexity index is 390. The van der Waals surface area contributed by atoms with Gasteiger partial charge in [0.05, 0.1) is 6.61 Å². The molecule has 1 saturated carbocycles. The van der Waals surface area contributed by atoms with Crippen molar-refractivity contribution in [3.05, 3.63) is 28.2 Å². The van der Waals surface area contributed by atoms with E-state index in [2.05, 4.69) is 46.4 Å². The number of rotatable bonds is 9. The second-order valence-electron chi connectivity index (χ2n) is 5.32. The minimum absolute atomic E-state index is 0.733. The SMILES string of the molecule is CCCCCCOc1ccc(Br)cc1CNC1CC1. The molecule has 0 spiro atoms. The third-order valence-corrected chi connectivity index (χ3v) is 3.93. The van der Waals surface area contributed by atoms with Crippen LogP contribution >= 0.6 is 15.9 Å². The van der Waals surface area contributed by atoms with Gasteiger partial charge in [-0.05, 0) is 37.5 Å². The van der Waals surface area contributed by atoms with E-state index in [0.29, 0.717) is 0 Å². The van der Waals surface area contributed by atoms with E-state index < -0.39 is 0 Å². The molecule has 1 aromatic carbocycles. The first-order valence-corrected chi connectivity index (χ1v) is 8.23. The fourth-order valence-corrected chi connectivity index (χ4v) is 2.49. The summed E-state index contributed by atoms with van der Waals surface area (Å²) in [7, 11) is 0. The van der Waals surface area contributed by atoms with Gasteiger partial charge in [0.2, 0.25) is 0 Å². The average Bonchev–Trinajstić information content (AvgIpc) is 3.22. The van der Waals surface area contributed by atoms with Crippen LogP contribution in [0.3, 0.4) is 0 Å². The Morgan fingerprint density at radius 3 is 2.84 bits per heavy atom. The van der Waals surface area contributed by atoms with Gasteiger partial charge < -0.3 is 10.1 Å². The Labute approximate surface area is 125 Å². The second-order valence-corrected chi connectivity index (χ2v) is 6.23. The Balaban J connectivity index is 1.82. The summed E-state index contributed by atoms with van der Waals surface area (Å²) in [6.45, 7) is 3.98. The first kappa shape index (κ1) is 14.9. The van der Waals surface area contributed by atoms with Crippen molar-refractivity contribution >= 4 is 15.9 Å². The number of hydrogen-bond acceptors (Lipinski definition) is 2. The van der Waals surface area contributed by atoms with Gasteiger partial charge in [0.1, 0.15) is 5.75 Å². The monoisotopic (exact) mass is 325 g/mol. The molecule has 19 heavy (non-hydrogen) atoms. The maximum atomic E-state index is 5.93. The molecule has 0 saturated heterocycles. The first-order chi connectivity index (χ1) is 9.29. The van der Waals surface area contributed by atoms with E-state index in [1.807, 2.05) is 0 Å². The fraction of sp³-hybridized carbons (Fsp3) is 0.625. The van der Waals surface area contributed by atoms with E-state index >= 15 is 0 Å². The van der Waals surface area contributed by atoms with Crippen molar-refractivity contribution in [3.63, 3.8) is 0 Å². The van der Waals surface area contributed by atoms with E-state index in [1.54, 1.807) is 0 Å². The minimum Gasteiger partial charge on any atom is -0.493 e. The molecule has 0 unspecified atom stereocenters. The van der Waals surface area contributed by atoms with Crippen LogP contribution in [0.15, 0.2) is 22.7 Å². The number of halogens is 1. The van der Waals surface area contributed by atoms with Gasteiger partial charge in [-0.1, -0.05) is 42.1 Å². The summed E-state index contributed by atoms with van der Waals surface area (Å²) in [5, 5.41) is 3.55. The molecule has 0 heterocycles. The van der Waals surface area contributed by atoms with Gasteiger partial charge in [-0.3, -0.25) is 0 Å². The Kier molecular flexibility index (Phi) is 6.18. The molecule has 3 heteroatoms. The van der Waals surface area contributed by atoms with Gasteiger partial charge >= 0.3 is 0 Å². The third kappa shape index (κ3) is 5.53. The second kappa shape index (κ2) is 7.91. The Morgan fingerprint density at radius 1 is 1.26 bits per heavy atom. The zero-order valence-electron chi connectivity index (χ0n) is 11.8. The van der Waals surface area contributed by atoms with Gasteiger partial charge in [0, 0.05) is 22.6 Å². The van der Waals surface area contributed by atoms with E-state index in [-0.39, 0.29) is 0 Å². The number of ether oxygens (including phenoxy) is 1. The number of hydrogen-bond donors (Lipinski definition) is 1. The summed E-state index contributed by atoms with van der Waals surface area (Å²) < 4.78 is 7.05. The highest BCUT2D eigenvalue weighted by molar-refractivity contribution is 9.10. The van der Waals surface area contributed by atoms with Crippen molar-refractivity contribution < 1.29 is 4.74 Å². The fourth-order valence-electron chi connectivity index (χ4n) is 2.08. The molecule has 2 rings (SSSR count). The lowest BCUT2D eigenvalue weighted by Crippen LogP contribution is -2.16. The summed E-state index contributed by atoms with van der Waals surface area (Å²) in [6, 6.07) is 7.03. The lowest BCUT2D eigenvalue weighted by molar-refractivity contribution is 0.301. The van der Waals surface area contributed by atoms with Crippen LogP contribution < -0.4 is 10.1 Å². The Hall–Kier alpha value is -0.540. The summed E-state index contributed by atoms with van der Waals surface area (Å²) in [6.07, 6.45) is 7.64. The first-order valence-electron chi connectivity index (χ1n) is 7.44. The van der Waals surface area contributed by atoms with Crippen LogP contribution in [0, 0.1) is 0 Å². The summed E-state index contributed by atoms with van der Waals surface area (Å²) >= 11 is 3.54. The molecule has 1 aliphatic rings. The van der Waals surface area contributed by atoms with Crippen LogP contribution in [-0.2, 0) is 6.54 Å². The lowest BCUT2D eigenvalue weighted by atomic mass is 10.2. The number of unbranched alkanes of at least 4 members (excludes halogenated alkanes) is 3. The van der Waals surface area contributed by atoms with Gasteiger partial charge in [0.25, 0.3) is 0 Å². The molecule has 2 nitrogen and oxygen atoms in total. The third-order valence-electron chi connectivity index (χ3n) is 3.44. The molecule has 0 amide bonds. The average molecular weight is 326 g/mol. The predicted octanol–water partition coefficient (Wildman–Crippen LogP) is 4.66. The van der Waals surface area contributed by atoms with Gasteiger partial charge in [-0.15, -0.1) is 0 Å². The number of nitrogens with one attached hydrogen (secondary N) is 1. The minimum atomic E-state index is 0.733. The van der Waals surface area contributed by atoms with E-state index in [9.17, 15) is 0 Å². The molecule has 0 atom stereocenters. The van der Waals surface area contributed by atoms with Crippen LogP contribution in [0.1, 0.15) is 51.0 Å². The predicted molar refractivity (Wildman–Crippen MR) is 83.6 cm³/mol. The summed E-state index contributed by atoms with van der Waals surface area (Å²) in [5.41, 5.74) is 1.26. The topological polar surface area (TPSA) is 21.3 Å². The van der Waals surface area contributed by atoms with Gasteiger partial charge in [-0.25, -0.2) is 0 Å². The van der Waals surface area contributed by atoms with Crippen LogP contribution in [0.2, 0.25) is 0 Å². The molecule has 1 aromatic rings. The summed E-state index contributed by atoms with van der Waals surface area (Å²) in [4.78, 5) is 0. The molecule has 0 radical (unpaired) electrons. The zero-order valence-corrected chi connectivity index (χ0v) is 13.3. The van der Waals surface area contributed by atoms with Crippen molar-refractivity contribution in [2.45, 2.75) is 58.0 Å². The maximum Gasteiger partial charge on any atom is 0.123 e. The van der Waals surface area contributed by atoms with Crippen molar-refractivity contribution in [2.75, 3.05) is 6.61 Å². The quantitative estimate of drug-likeness (QED) is 0.667. The highest BCUT2D eigenvalue weighted by Gasteiger charge is 2.20. The molecule has 0 bridgehead atoms. The molecule has 1 aliphatic carbocycles. The largest absolute Gasteiger partial charge is 0.493 e.